The molecule has 65 heavy (non-hydrogen) atoms. The predicted octanol–water partition coefficient (Wildman–Crippen LogP) is 5.36. The van der Waals surface area contributed by atoms with Gasteiger partial charge < -0.3 is 67.4 Å². The largest absolute Gasteiger partial charge is 0.462 e. The average Bonchev–Trinajstić information content (AvgIpc) is 3.49. The zero-order valence-electron chi connectivity index (χ0n) is 41.1. The summed E-state index contributed by atoms with van der Waals surface area (Å²) in [7, 11) is 4.90. The Kier molecular flexibility index (Phi) is 15.8. The van der Waals surface area contributed by atoms with Gasteiger partial charge >= 0.3 is 11.9 Å². The van der Waals surface area contributed by atoms with Gasteiger partial charge in [0.15, 0.2) is 18.9 Å². The van der Waals surface area contributed by atoms with Gasteiger partial charge in [-0.1, -0.05) is 27.7 Å². The molecule has 7 rings (SSSR count). The highest BCUT2D eigenvalue weighted by Gasteiger charge is 2.77. The number of ether oxygens (including phenoxy) is 11. The van der Waals surface area contributed by atoms with Crippen molar-refractivity contribution in [3.05, 3.63) is 0 Å². The molecular formula is C49H82O16. The lowest BCUT2D eigenvalue weighted by Crippen LogP contribution is -2.72. The monoisotopic (exact) mass is 927 g/mol. The van der Waals surface area contributed by atoms with Crippen LogP contribution in [0.5, 0.6) is 0 Å². The number of fused-ring (bicyclic) bond motifs is 5. The fourth-order valence-electron chi connectivity index (χ4n) is 13.8. The maximum absolute atomic E-state index is 13.0. The Bertz CT molecular complexity index is 1640. The summed E-state index contributed by atoms with van der Waals surface area (Å²) in [6, 6.07) is 0. The number of hydrogen-bond acceptors (Lipinski definition) is 16. The smallest absolute Gasteiger partial charge is 0.309 e. The van der Waals surface area contributed by atoms with Gasteiger partial charge in [-0.2, -0.15) is 0 Å². The molecule has 16 nitrogen and oxygen atoms in total. The molecule has 0 spiro atoms. The first-order chi connectivity index (χ1) is 30.7. The van der Waals surface area contributed by atoms with Crippen molar-refractivity contribution in [1.82, 2.24) is 0 Å². The van der Waals surface area contributed by atoms with Crippen molar-refractivity contribution in [1.29, 1.82) is 0 Å². The fraction of sp³-hybridized carbons (Fsp3) is 0.959. The molecule has 7 aliphatic rings. The van der Waals surface area contributed by atoms with Gasteiger partial charge in [0.2, 0.25) is 0 Å². The first-order valence-electron chi connectivity index (χ1n) is 24.7. The summed E-state index contributed by atoms with van der Waals surface area (Å²) in [6.45, 7) is 16.7. The zero-order chi connectivity index (χ0) is 47.4. The molecule has 7 fully saturated rings. The number of methoxy groups -OCH3 is 3. The van der Waals surface area contributed by atoms with Gasteiger partial charge in [0.25, 0.3) is 0 Å². The molecule has 3 N–H and O–H groups in total. The van der Waals surface area contributed by atoms with E-state index in [1.165, 1.54) is 6.92 Å². The molecule has 3 aliphatic heterocycles. The molecule has 374 valence electrons. The molecule has 0 aromatic rings. The highest BCUT2D eigenvalue weighted by atomic mass is 16.7. The molecule has 0 aromatic heterocycles. The molecule has 4 aliphatic carbocycles. The van der Waals surface area contributed by atoms with E-state index in [9.17, 15) is 24.9 Å². The Balaban J connectivity index is 0.969. The number of aliphatic hydroxyl groups is 3. The third kappa shape index (κ3) is 9.33. The SMILES string of the molecule is CCC(C)C(=O)OC(C)C1(O)CCC2(O)C3CCC4CC(OC5CC(OC)C(OC6CC(OC)C(OC7CC(OC)C(O)C(C)O7)C(C)O6)C(C)O5)CCC4(C)C3CC(OC(C)=O)C12C. The van der Waals surface area contributed by atoms with E-state index in [4.69, 9.17) is 52.1 Å². The summed E-state index contributed by atoms with van der Waals surface area (Å²) >= 11 is 0. The standard InChI is InChI=1S/C49H82O16/c1-13-25(2)45(52)61-29(6)48(53)18-19-49(54)33-15-14-31-20-32(16-17-46(31,8)34(33)21-38(47(48,49)9)62-30(7)50)63-39-23-36(56-11)43(27(4)59-39)65-41-24-37(57-12)44(28(5)60-41)64-40-22-35(55-10)42(51)26(3)58-40/h25-29,31-44,51,53-54H,13-24H2,1-12H3. The molecule has 0 aromatic carbocycles. The number of rotatable bonds is 14. The molecule has 23 unspecified atom stereocenters. The van der Waals surface area contributed by atoms with Crippen molar-refractivity contribution in [3.63, 3.8) is 0 Å². The minimum absolute atomic E-state index is 0.0391. The maximum atomic E-state index is 13.0. The molecule has 0 bridgehead atoms. The van der Waals surface area contributed by atoms with E-state index in [1.807, 2.05) is 27.7 Å². The third-order valence-electron chi connectivity index (χ3n) is 18.1. The van der Waals surface area contributed by atoms with Gasteiger partial charge in [-0.25, -0.2) is 0 Å². The second-order valence-corrected chi connectivity index (χ2v) is 21.3. The Morgan fingerprint density at radius 1 is 0.708 bits per heavy atom. The van der Waals surface area contributed by atoms with Crippen LogP contribution in [-0.2, 0) is 61.7 Å². The highest BCUT2D eigenvalue weighted by Crippen LogP contribution is 2.71. The Morgan fingerprint density at radius 2 is 1.26 bits per heavy atom. The Hall–Kier alpha value is -1.54. The summed E-state index contributed by atoms with van der Waals surface area (Å²) in [4.78, 5) is 25.8. The summed E-state index contributed by atoms with van der Waals surface area (Å²) < 4.78 is 68.2. The summed E-state index contributed by atoms with van der Waals surface area (Å²) in [6.07, 6.45) is -0.200. The third-order valence-corrected chi connectivity index (χ3v) is 18.1. The van der Waals surface area contributed by atoms with E-state index in [1.54, 1.807) is 42.1 Å². The molecule has 23 atom stereocenters. The van der Waals surface area contributed by atoms with Gasteiger partial charge in [-0.3, -0.25) is 9.59 Å². The van der Waals surface area contributed by atoms with Crippen molar-refractivity contribution in [2.45, 2.75) is 243 Å². The minimum Gasteiger partial charge on any atom is -0.462 e. The highest BCUT2D eigenvalue weighted by molar-refractivity contribution is 5.72. The van der Waals surface area contributed by atoms with Crippen molar-refractivity contribution >= 4 is 11.9 Å². The quantitative estimate of drug-likeness (QED) is 0.149. The van der Waals surface area contributed by atoms with Crippen LogP contribution in [0.15, 0.2) is 0 Å². The number of carbonyl (C=O) groups is 2. The van der Waals surface area contributed by atoms with Crippen molar-refractivity contribution < 1.29 is 77.0 Å². The molecule has 16 heteroatoms. The van der Waals surface area contributed by atoms with Crippen LogP contribution < -0.4 is 0 Å². The minimum atomic E-state index is -1.60. The summed E-state index contributed by atoms with van der Waals surface area (Å²) in [5.41, 5.74) is -4.36. The molecule has 3 saturated heterocycles. The number of esters is 2. The van der Waals surface area contributed by atoms with E-state index >= 15 is 0 Å². The molecule has 0 radical (unpaired) electrons. The van der Waals surface area contributed by atoms with E-state index in [-0.39, 0.29) is 66.1 Å². The van der Waals surface area contributed by atoms with Crippen LogP contribution in [-0.4, -0.2) is 152 Å². The Labute approximate surface area is 386 Å². The second kappa shape index (κ2) is 20.1. The van der Waals surface area contributed by atoms with Crippen LogP contribution in [0.25, 0.3) is 0 Å². The molecule has 3 heterocycles. The van der Waals surface area contributed by atoms with Crippen LogP contribution in [0.2, 0.25) is 0 Å². The van der Waals surface area contributed by atoms with E-state index in [0.717, 1.165) is 32.1 Å². The molecule has 4 saturated carbocycles. The van der Waals surface area contributed by atoms with Crippen molar-refractivity contribution in [3.8, 4) is 0 Å². The van der Waals surface area contributed by atoms with E-state index < -0.39 is 84.2 Å². The van der Waals surface area contributed by atoms with Crippen LogP contribution >= 0.6 is 0 Å². The topological polar surface area (TPSA) is 196 Å². The maximum Gasteiger partial charge on any atom is 0.309 e. The zero-order valence-corrected chi connectivity index (χ0v) is 41.1. The summed E-state index contributed by atoms with van der Waals surface area (Å²) in [5.74, 6) is -0.966. The Morgan fingerprint density at radius 3 is 1.82 bits per heavy atom. The number of aliphatic hydroxyl groups excluding tert-OH is 1. The lowest BCUT2D eigenvalue weighted by Gasteiger charge is -2.66. The fourth-order valence-corrected chi connectivity index (χ4v) is 13.8. The van der Waals surface area contributed by atoms with E-state index in [0.29, 0.717) is 44.4 Å². The molecule has 0 amide bonds. The van der Waals surface area contributed by atoms with Gasteiger partial charge in [0.1, 0.15) is 36.1 Å². The van der Waals surface area contributed by atoms with Crippen LogP contribution in [0.4, 0.5) is 0 Å². The van der Waals surface area contributed by atoms with Gasteiger partial charge in [-0.05, 0) is 109 Å². The van der Waals surface area contributed by atoms with Crippen molar-refractivity contribution in [2.24, 2.45) is 34.5 Å². The van der Waals surface area contributed by atoms with Crippen LogP contribution in [0.1, 0.15) is 139 Å². The van der Waals surface area contributed by atoms with Gasteiger partial charge in [0.05, 0.1) is 59.7 Å². The lowest BCUT2D eigenvalue weighted by molar-refractivity contribution is -0.339. The predicted molar refractivity (Wildman–Crippen MR) is 234 cm³/mol. The number of hydrogen-bond donors (Lipinski definition) is 3. The normalized spacial score (nSPS) is 49.7. The second-order valence-electron chi connectivity index (χ2n) is 21.3. The average molecular weight is 927 g/mol. The lowest BCUT2D eigenvalue weighted by atomic mass is 9.42. The van der Waals surface area contributed by atoms with Crippen molar-refractivity contribution in [2.75, 3.05) is 21.3 Å². The van der Waals surface area contributed by atoms with Crippen LogP contribution in [0, 0.1) is 34.5 Å². The summed E-state index contributed by atoms with van der Waals surface area (Å²) in [5, 5.41) is 36.1. The molecular weight excluding hydrogens is 845 g/mol. The number of carbonyl (C=O) groups excluding carboxylic acids is 2. The van der Waals surface area contributed by atoms with Gasteiger partial charge in [0, 0.05) is 47.5 Å². The van der Waals surface area contributed by atoms with E-state index in [2.05, 4.69) is 6.92 Å². The van der Waals surface area contributed by atoms with Gasteiger partial charge in [-0.15, -0.1) is 0 Å². The first-order valence-corrected chi connectivity index (χ1v) is 24.7. The first kappa shape index (κ1) is 51.3. The van der Waals surface area contributed by atoms with Crippen LogP contribution in [0.3, 0.4) is 0 Å².